The summed E-state index contributed by atoms with van der Waals surface area (Å²) in [5, 5.41) is 13.8. The van der Waals surface area contributed by atoms with Crippen molar-refractivity contribution in [3.63, 3.8) is 0 Å². The lowest BCUT2D eigenvalue weighted by Crippen LogP contribution is -2.21. The van der Waals surface area contributed by atoms with Crippen molar-refractivity contribution >= 4 is 33.3 Å². The second-order valence-electron chi connectivity index (χ2n) is 7.94. The maximum Gasteiger partial charge on any atom is 0.306 e. The van der Waals surface area contributed by atoms with Gasteiger partial charge in [-0.2, -0.15) is 0 Å². The minimum atomic E-state index is -0.694. The van der Waals surface area contributed by atoms with Crippen LogP contribution in [-0.2, 0) is 11.3 Å². The lowest BCUT2D eigenvalue weighted by molar-refractivity contribution is -0.142. The van der Waals surface area contributed by atoms with Gasteiger partial charge in [0, 0.05) is 17.3 Å². The Morgan fingerprint density at radius 1 is 1.13 bits per heavy atom. The Morgan fingerprint density at radius 2 is 1.87 bits per heavy atom. The highest BCUT2D eigenvalue weighted by atomic mass is 32.1. The number of nitrogens with zero attached hydrogens (tertiary/aromatic N) is 2. The number of benzene rings is 1. The highest BCUT2D eigenvalue weighted by molar-refractivity contribution is 7.18. The monoisotopic (exact) mass is 441 g/mol. The molecule has 164 valence electrons. The normalized spacial score (nSPS) is 18.7. The third-order valence-corrected chi connectivity index (χ3v) is 6.83. The van der Waals surface area contributed by atoms with Gasteiger partial charge in [-0.3, -0.25) is 4.79 Å². The minimum Gasteiger partial charge on any atom is -0.493 e. The maximum absolute atomic E-state index is 11.3. The Bertz CT molecular complexity index is 1090. The molecule has 8 heteroatoms. The molecular formula is C23H27N3O4S. The number of hydrogen-bond acceptors (Lipinski definition) is 7. The number of aliphatic carboxylic acids is 1. The molecule has 2 aromatic heterocycles. The van der Waals surface area contributed by atoms with Crippen molar-refractivity contribution in [2.75, 3.05) is 19.5 Å². The van der Waals surface area contributed by atoms with Gasteiger partial charge < -0.3 is 19.9 Å². The lowest BCUT2D eigenvalue weighted by Gasteiger charge is -2.25. The Morgan fingerprint density at radius 3 is 2.55 bits per heavy atom. The van der Waals surface area contributed by atoms with Crippen LogP contribution in [0, 0.1) is 12.8 Å². The summed E-state index contributed by atoms with van der Waals surface area (Å²) < 4.78 is 10.7. The summed E-state index contributed by atoms with van der Waals surface area (Å²) in [7, 11) is 3.25. The van der Waals surface area contributed by atoms with Crippen LogP contribution >= 0.6 is 11.3 Å². The van der Waals surface area contributed by atoms with E-state index in [1.54, 1.807) is 25.6 Å². The number of hydrogen-bond donors (Lipinski definition) is 2. The summed E-state index contributed by atoms with van der Waals surface area (Å²) >= 11 is 1.66. The number of anilines is 1. The van der Waals surface area contributed by atoms with Crippen molar-refractivity contribution in [3.8, 4) is 11.5 Å². The van der Waals surface area contributed by atoms with Crippen LogP contribution in [0.5, 0.6) is 11.5 Å². The third-order valence-electron chi connectivity index (χ3n) is 5.88. The molecule has 1 saturated carbocycles. The summed E-state index contributed by atoms with van der Waals surface area (Å²) in [6.45, 7) is 2.66. The van der Waals surface area contributed by atoms with E-state index in [1.807, 2.05) is 18.2 Å². The Hall–Kier alpha value is -2.87. The van der Waals surface area contributed by atoms with E-state index in [0.29, 0.717) is 30.9 Å². The average molecular weight is 442 g/mol. The second kappa shape index (κ2) is 9.09. The average Bonchev–Trinajstić information content (AvgIpc) is 3.17. The highest BCUT2D eigenvalue weighted by Crippen LogP contribution is 2.37. The number of rotatable bonds is 7. The van der Waals surface area contributed by atoms with Crippen molar-refractivity contribution in [2.24, 2.45) is 5.92 Å². The fraction of sp³-hybridized carbons (Fsp3) is 0.435. The molecule has 0 aliphatic heterocycles. The number of carboxylic acid groups (broad SMARTS) is 1. The Kier molecular flexibility index (Phi) is 6.27. The first-order chi connectivity index (χ1) is 15.0. The predicted octanol–water partition coefficient (Wildman–Crippen LogP) is 4.99. The molecule has 31 heavy (non-hydrogen) atoms. The van der Waals surface area contributed by atoms with Crippen molar-refractivity contribution in [1.82, 2.24) is 9.97 Å². The number of aryl methyl sites for hydroxylation is 1. The van der Waals surface area contributed by atoms with Crippen molar-refractivity contribution in [1.29, 1.82) is 0 Å². The minimum absolute atomic E-state index is 0.198. The van der Waals surface area contributed by atoms with Crippen LogP contribution in [0.15, 0.2) is 24.3 Å². The predicted molar refractivity (Wildman–Crippen MR) is 121 cm³/mol. The molecule has 0 unspecified atom stereocenters. The number of methoxy groups -OCH3 is 2. The SMILES string of the molecule is COc1ccc(CNc2nc(C3CCC(C(=O)O)CC3)nc3sc(C)cc23)cc1OC. The quantitative estimate of drug-likeness (QED) is 0.534. The van der Waals surface area contributed by atoms with Crippen molar-refractivity contribution < 1.29 is 19.4 Å². The second-order valence-corrected chi connectivity index (χ2v) is 9.17. The molecule has 7 nitrogen and oxygen atoms in total. The number of fused-ring (bicyclic) bond motifs is 1. The smallest absolute Gasteiger partial charge is 0.306 e. The Labute approximate surface area is 185 Å². The molecule has 0 saturated heterocycles. The van der Waals surface area contributed by atoms with Gasteiger partial charge in [0.25, 0.3) is 0 Å². The van der Waals surface area contributed by atoms with Crippen molar-refractivity contribution in [3.05, 3.63) is 40.5 Å². The highest BCUT2D eigenvalue weighted by Gasteiger charge is 2.29. The van der Waals surface area contributed by atoms with Crippen LogP contribution in [0.3, 0.4) is 0 Å². The largest absolute Gasteiger partial charge is 0.493 e. The van der Waals surface area contributed by atoms with E-state index in [0.717, 1.165) is 40.3 Å². The topological polar surface area (TPSA) is 93.6 Å². The first-order valence-corrected chi connectivity index (χ1v) is 11.3. The van der Waals surface area contributed by atoms with E-state index < -0.39 is 5.97 Å². The first kappa shape index (κ1) is 21.4. The van der Waals surface area contributed by atoms with Crippen LogP contribution < -0.4 is 14.8 Å². The third kappa shape index (κ3) is 4.58. The van der Waals surface area contributed by atoms with Gasteiger partial charge >= 0.3 is 5.97 Å². The number of carboxylic acids is 1. The van der Waals surface area contributed by atoms with E-state index in [2.05, 4.69) is 18.3 Å². The van der Waals surface area contributed by atoms with Gasteiger partial charge in [0.2, 0.25) is 0 Å². The zero-order valence-corrected chi connectivity index (χ0v) is 18.8. The van der Waals surface area contributed by atoms with Gasteiger partial charge in [0.15, 0.2) is 11.5 Å². The molecular weight excluding hydrogens is 414 g/mol. The maximum atomic E-state index is 11.3. The summed E-state index contributed by atoms with van der Waals surface area (Å²) in [6.07, 6.45) is 2.97. The van der Waals surface area contributed by atoms with Crippen LogP contribution in [-0.4, -0.2) is 35.3 Å². The van der Waals surface area contributed by atoms with Gasteiger partial charge in [0.05, 0.1) is 25.5 Å². The molecule has 3 aromatic rings. The van der Waals surface area contributed by atoms with Gasteiger partial charge in [-0.25, -0.2) is 9.97 Å². The zero-order valence-electron chi connectivity index (χ0n) is 18.0. The summed E-state index contributed by atoms with van der Waals surface area (Å²) in [5.74, 6) is 2.28. The molecule has 0 amide bonds. The molecule has 0 bridgehead atoms. The Balaban J connectivity index is 1.58. The molecule has 1 aromatic carbocycles. The number of ether oxygens (including phenoxy) is 2. The molecule has 1 aliphatic rings. The fourth-order valence-electron chi connectivity index (χ4n) is 4.15. The van der Waals surface area contributed by atoms with Crippen LogP contribution in [0.1, 0.15) is 47.9 Å². The van der Waals surface area contributed by atoms with E-state index in [1.165, 1.54) is 4.88 Å². The number of thiophene rings is 1. The van der Waals surface area contributed by atoms with Crippen molar-refractivity contribution in [2.45, 2.75) is 45.1 Å². The zero-order chi connectivity index (χ0) is 22.0. The van der Waals surface area contributed by atoms with Crippen LogP contribution in [0.25, 0.3) is 10.2 Å². The van der Waals surface area contributed by atoms with E-state index >= 15 is 0 Å². The molecule has 1 aliphatic carbocycles. The summed E-state index contributed by atoms with van der Waals surface area (Å²) in [6, 6.07) is 7.96. The standard InChI is InChI=1S/C23H27N3O4S/c1-13-10-17-21(24-12-14-4-9-18(29-2)19(11-14)30-3)25-20(26-22(17)31-13)15-5-7-16(8-6-15)23(27)28/h4,9-11,15-16H,5-8,12H2,1-3H3,(H,27,28)(H,24,25,26). The molecule has 0 spiro atoms. The first-order valence-electron chi connectivity index (χ1n) is 10.4. The lowest BCUT2D eigenvalue weighted by atomic mass is 9.81. The number of aromatic nitrogens is 2. The molecule has 0 radical (unpaired) electrons. The van der Waals surface area contributed by atoms with Gasteiger partial charge in [0.1, 0.15) is 16.5 Å². The molecule has 2 N–H and O–H groups in total. The van der Waals surface area contributed by atoms with E-state index in [-0.39, 0.29) is 11.8 Å². The molecule has 2 heterocycles. The van der Waals surface area contributed by atoms with Gasteiger partial charge in [-0.1, -0.05) is 6.07 Å². The molecule has 1 fully saturated rings. The summed E-state index contributed by atoms with van der Waals surface area (Å²) in [4.78, 5) is 23.2. The number of carbonyl (C=O) groups is 1. The fourth-order valence-corrected chi connectivity index (χ4v) is 5.04. The molecule has 0 atom stereocenters. The van der Waals surface area contributed by atoms with E-state index in [9.17, 15) is 9.90 Å². The van der Waals surface area contributed by atoms with E-state index in [4.69, 9.17) is 19.4 Å². The van der Waals surface area contributed by atoms with Gasteiger partial charge in [-0.15, -0.1) is 11.3 Å². The van der Waals surface area contributed by atoms with Crippen LogP contribution in [0.4, 0.5) is 5.82 Å². The molecule has 4 rings (SSSR count). The number of nitrogens with one attached hydrogen (secondary N) is 1. The summed E-state index contributed by atoms with van der Waals surface area (Å²) in [5.41, 5.74) is 1.06. The van der Waals surface area contributed by atoms with Crippen LogP contribution in [0.2, 0.25) is 0 Å². The van der Waals surface area contributed by atoms with Gasteiger partial charge in [-0.05, 0) is 56.4 Å².